The zero-order chi connectivity index (χ0) is 10.7. The largest absolute Gasteiger partial charge is 0.393 e. The number of aliphatic hydroxyl groups is 1. The van der Waals surface area contributed by atoms with Gasteiger partial charge in [0.1, 0.15) is 0 Å². The van der Waals surface area contributed by atoms with Crippen molar-refractivity contribution in [1.82, 2.24) is 0 Å². The van der Waals surface area contributed by atoms with Crippen LogP contribution >= 0.6 is 0 Å². The summed E-state index contributed by atoms with van der Waals surface area (Å²) in [7, 11) is 0. The van der Waals surface area contributed by atoms with Gasteiger partial charge in [0.15, 0.2) is 0 Å². The van der Waals surface area contributed by atoms with Crippen LogP contribution in [0, 0.1) is 0 Å². The normalized spacial score (nSPS) is 31.5. The minimum Gasteiger partial charge on any atom is -0.393 e. The van der Waals surface area contributed by atoms with Crippen LogP contribution in [0.4, 0.5) is 0 Å². The van der Waals surface area contributed by atoms with Gasteiger partial charge in [-0.25, -0.2) is 0 Å². The van der Waals surface area contributed by atoms with Gasteiger partial charge in [-0.3, -0.25) is 0 Å². The molecule has 0 spiro atoms. The highest BCUT2D eigenvalue weighted by Crippen LogP contribution is 2.41. The lowest BCUT2D eigenvalue weighted by Crippen LogP contribution is -2.32. The van der Waals surface area contributed by atoms with E-state index < -0.39 is 0 Å². The Hall–Kier alpha value is -0.820. The minimum atomic E-state index is -0.0617. The first-order valence-corrected chi connectivity index (χ1v) is 6.00. The van der Waals surface area contributed by atoms with Gasteiger partial charge in [-0.1, -0.05) is 37.3 Å². The average molecular weight is 204 g/mol. The lowest BCUT2D eigenvalue weighted by molar-refractivity contribution is 0.0936. The first-order chi connectivity index (χ1) is 7.27. The highest BCUT2D eigenvalue weighted by atomic mass is 16.3. The number of benzene rings is 1. The second-order valence-corrected chi connectivity index (χ2v) is 4.73. The summed E-state index contributed by atoms with van der Waals surface area (Å²) in [6.07, 6.45) is 5.31. The predicted octanol–water partition coefficient (Wildman–Crippen LogP) is 3.27. The van der Waals surface area contributed by atoms with E-state index in [1.165, 1.54) is 12.0 Å². The molecule has 0 heterocycles. The van der Waals surface area contributed by atoms with Crippen molar-refractivity contribution in [2.75, 3.05) is 0 Å². The van der Waals surface area contributed by atoms with Crippen LogP contribution in [-0.2, 0) is 5.41 Å². The Kier molecular flexibility index (Phi) is 3.11. The molecule has 0 saturated heterocycles. The van der Waals surface area contributed by atoms with Crippen molar-refractivity contribution in [1.29, 1.82) is 0 Å². The molecule has 1 nitrogen and oxygen atoms in total. The van der Waals surface area contributed by atoms with Crippen LogP contribution in [0.5, 0.6) is 0 Å². The molecule has 0 aromatic heterocycles. The molecule has 1 N–H and O–H groups in total. The standard InChI is InChI=1S/C14H20O/c1-2-14(10-8-13(15)9-11-14)12-6-4-3-5-7-12/h3-7,13,15H,2,8-11H2,1H3/t13-,14-. The van der Waals surface area contributed by atoms with E-state index >= 15 is 0 Å². The van der Waals surface area contributed by atoms with Gasteiger partial charge in [0.25, 0.3) is 0 Å². The lowest BCUT2D eigenvalue weighted by Gasteiger charge is -2.39. The molecule has 1 aromatic rings. The van der Waals surface area contributed by atoms with Crippen molar-refractivity contribution < 1.29 is 5.11 Å². The van der Waals surface area contributed by atoms with Crippen molar-refractivity contribution in [3.63, 3.8) is 0 Å². The van der Waals surface area contributed by atoms with Crippen molar-refractivity contribution in [2.24, 2.45) is 0 Å². The van der Waals surface area contributed by atoms with Gasteiger partial charge >= 0.3 is 0 Å². The molecule has 15 heavy (non-hydrogen) atoms. The van der Waals surface area contributed by atoms with Gasteiger partial charge in [0.05, 0.1) is 6.10 Å². The second kappa shape index (κ2) is 4.36. The van der Waals surface area contributed by atoms with Gasteiger partial charge in [-0.2, -0.15) is 0 Å². The predicted molar refractivity (Wildman–Crippen MR) is 62.9 cm³/mol. The smallest absolute Gasteiger partial charge is 0.0540 e. The zero-order valence-corrected chi connectivity index (χ0v) is 9.45. The Balaban J connectivity index is 2.23. The van der Waals surface area contributed by atoms with E-state index in [1.54, 1.807) is 0 Å². The molecule has 0 unspecified atom stereocenters. The third-order valence-corrected chi connectivity index (χ3v) is 3.98. The average Bonchev–Trinajstić information content (AvgIpc) is 2.32. The summed E-state index contributed by atoms with van der Waals surface area (Å²) in [5.41, 5.74) is 1.79. The van der Waals surface area contributed by atoms with E-state index in [1.807, 2.05) is 0 Å². The Labute approximate surface area is 92.1 Å². The van der Waals surface area contributed by atoms with Crippen LogP contribution in [0.15, 0.2) is 30.3 Å². The Morgan fingerprint density at radius 2 is 1.80 bits per heavy atom. The summed E-state index contributed by atoms with van der Waals surface area (Å²) in [5.74, 6) is 0. The summed E-state index contributed by atoms with van der Waals surface area (Å²) < 4.78 is 0. The maximum atomic E-state index is 9.58. The van der Waals surface area contributed by atoms with E-state index in [0.717, 1.165) is 25.7 Å². The van der Waals surface area contributed by atoms with Gasteiger partial charge in [0, 0.05) is 0 Å². The lowest BCUT2D eigenvalue weighted by atomic mass is 9.67. The molecular formula is C14H20O. The highest BCUT2D eigenvalue weighted by Gasteiger charge is 2.34. The first-order valence-electron chi connectivity index (χ1n) is 6.00. The fourth-order valence-electron chi connectivity index (χ4n) is 2.79. The van der Waals surface area contributed by atoms with E-state index in [9.17, 15) is 5.11 Å². The zero-order valence-electron chi connectivity index (χ0n) is 9.45. The van der Waals surface area contributed by atoms with Crippen molar-refractivity contribution in [3.8, 4) is 0 Å². The third-order valence-electron chi connectivity index (χ3n) is 3.98. The fraction of sp³-hybridized carbons (Fsp3) is 0.571. The summed E-state index contributed by atoms with van der Waals surface area (Å²) in [5, 5.41) is 9.58. The minimum absolute atomic E-state index is 0.0617. The van der Waals surface area contributed by atoms with E-state index in [0.29, 0.717) is 5.41 Å². The molecule has 0 aliphatic heterocycles. The van der Waals surface area contributed by atoms with Gasteiger partial charge in [-0.05, 0) is 43.1 Å². The molecule has 2 rings (SSSR count). The number of aliphatic hydroxyl groups excluding tert-OH is 1. The maximum absolute atomic E-state index is 9.58. The monoisotopic (exact) mass is 204 g/mol. The SMILES string of the molecule is CC[C@]1(c2ccccc2)CC[C@H](O)CC1. The van der Waals surface area contributed by atoms with Crippen LogP contribution in [0.2, 0.25) is 0 Å². The van der Waals surface area contributed by atoms with Gasteiger partial charge in [-0.15, -0.1) is 0 Å². The highest BCUT2D eigenvalue weighted by molar-refractivity contribution is 5.25. The van der Waals surface area contributed by atoms with Crippen LogP contribution in [0.25, 0.3) is 0 Å². The summed E-state index contributed by atoms with van der Waals surface area (Å²) in [4.78, 5) is 0. The number of hydrogen-bond donors (Lipinski definition) is 1. The molecule has 1 aliphatic carbocycles. The Morgan fingerprint density at radius 1 is 1.20 bits per heavy atom. The topological polar surface area (TPSA) is 20.2 Å². The van der Waals surface area contributed by atoms with Crippen molar-refractivity contribution in [3.05, 3.63) is 35.9 Å². The van der Waals surface area contributed by atoms with Crippen LogP contribution in [0.3, 0.4) is 0 Å². The van der Waals surface area contributed by atoms with Crippen molar-refractivity contribution in [2.45, 2.75) is 50.5 Å². The molecular weight excluding hydrogens is 184 g/mol. The fourth-order valence-corrected chi connectivity index (χ4v) is 2.79. The first kappa shape index (κ1) is 10.7. The Bertz CT molecular complexity index is 296. The molecule has 82 valence electrons. The molecule has 1 aromatic carbocycles. The van der Waals surface area contributed by atoms with E-state index in [-0.39, 0.29) is 6.10 Å². The molecule has 1 aliphatic rings. The molecule has 1 fully saturated rings. The van der Waals surface area contributed by atoms with Crippen LogP contribution in [0.1, 0.15) is 44.6 Å². The number of rotatable bonds is 2. The molecule has 0 amide bonds. The van der Waals surface area contributed by atoms with Gasteiger partial charge in [0.2, 0.25) is 0 Å². The van der Waals surface area contributed by atoms with E-state index in [2.05, 4.69) is 37.3 Å². The van der Waals surface area contributed by atoms with E-state index in [4.69, 9.17) is 0 Å². The maximum Gasteiger partial charge on any atom is 0.0540 e. The van der Waals surface area contributed by atoms with Crippen LogP contribution < -0.4 is 0 Å². The molecule has 0 radical (unpaired) electrons. The number of hydrogen-bond acceptors (Lipinski definition) is 1. The second-order valence-electron chi connectivity index (χ2n) is 4.73. The summed E-state index contributed by atoms with van der Waals surface area (Å²) in [6, 6.07) is 10.8. The Morgan fingerprint density at radius 3 is 2.33 bits per heavy atom. The molecule has 0 bridgehead atoms. The quantitative estimate of drug-likeness (QED) is 0.784. The molecule has 1 saturated carbocycles. The molecule has 1 heteroatoms. The van der Waals surface area contributed by atoms with Crippen LogP contribution in [-0.4, -0.2) is 11.2 Å². The van der Waals surface area contributed by atoms with Gasteiger partial charge < -0.3 is 5.11 Å². The summed E-state index contributed by atoms with van der Waals surface area (Å²) >= 11 is 0. The third kappa shape index (κ3) is 2.07. The van der Waals surface area contributed by atoms with Crippen molar-refractivity contribution >= 4 is 0 Å². The summed E-state index contributed by atoms with van der Waals surface area (Å²) in [6.45, 7) is 2.27. The molecule has 0 atom stereocenters.